The molecule has 0 aliphatic carbocycles. The maximum absolute atomic E-state index is 13.9. The first kappa shape index (κ1) is 26.6. The van der Waals surface area contributed by atoms with Gasteiger partial charge in [0, 0.05) is 49.0 Å². The third-order valence-corrected chi connectivity index (χ3v) is 7.20. The van der Waals surface area contributed by atoms with Gasteiger partial charge >= 0.3 is 0 Å². The van der Waals surface area contributed by atoms with Gasteiger partial charge in [0.25, 0.3) is 5.91 Å². The van der Waals surface area contributed by atoms with Crippen molar-refractivity contribution in [3.8, 4) is 0 Å². The summed E-state index contributed by atoms with van der Waals surface area (Å²) in [7, 11) is 0. The number of hydrogen-bond acceptors (Lipinski definition) is 4. The fourth-order valence-electron chi connectivity index (χ4n) is 5.54. The van der Waals surface area contributed by atoms with Gasteiger partial charge in [-0.25, -0.2) is 0 Å². The zero-order valence-corrected chi connectivity index (χ0v) is 22.5. The number of piperidine rings is 1. The average molecular weight is 498 g/mol. The maximum atomic E-state index is 13.9. The van der Waals surface area contributed by atoms with Gasteiger partial charge in [-0.15, -0.1) is 0 Å². The summed E-state index contributed by atoms with van der Waals surface area (Å²) >= 11 is 0. The number of hydrogen-bond donors (Lipinski definition) is 0. The molecule has 1 saturated heterocycles. The van der Waals surface area contributed by atoms with E-state index in [2.05, 4.69) is 73.9 Å². The topological polar surface area (TPSA) is 43.9 Å². The highest BCUT2D eigenvalue weighted by Crippen LogP contribution is 2.36. The molecule has 0 aromatic heterocycles. The number of anilines is 2. The van der Waals surface area contributed by atoms with Crippen molar-refractivity contribution in [3.05, 3.63) is 95.6 Å². The second kappa shape index (κ2) is 12.2. The molecule has 194 valence electrons. The van der Waals surface area contributed by atoms with Gasteiger partial charge < -0.3 is 9.80 Å². The number of nitrogens with zero attached hydrogens (tertiary/aromatic N) is 3. The normalized spacial score (nSPS) is 14.6. The van der Waals surface area contributed by atoms with E-state index >= 15 is 0 Å². The van der Waals surface area contributed by atoms with Crippen molar-refractivity contribution in [2.45, 2.75) is 65.2 Å². The van der Waals surface area contributed by atoms with Gasteiger partial charge in [0.2, 0.25) is 0 Å². The van der Waals surface area contributed by atoms with Crippen LogP contribution in [0.4, 0.5) is 11.4 Å². The number of aldehydes is 1. The largest absolute Gasteiger partial charge is 0.338 e. The highest BCUT2D eigenvalue weighted by molar-refractivity contribution is 6.01. The summed E-state index contributed by atoms with van der Waals surface area (Å²) < 4.78 is 0. The summed E-state index contributed by atoms with van der Waals surface area (Å²) in [6, 6.07) is 26.7. The molecule has 37 heavy (non-hydrogen) atoms. The number of carbonyl (C=O) groups is 2. The minimum absolute atomic E-state index is 0.0404. The lowest BCUT2D eigenvalue weighted by Crippen LogP contribution is -2.45. The number of para-hydroxylation sites is 1. The van der Waals surface area contributed by atoms with Crippen LogP contribution in [0.3, 0.4) is 0 Å². The minimum Gasteiger partial charge on any atom is -0.338 e. The fraction of sp³-hybridized carbons (Fsp3) is 0.375. The zero-order valence-electron chi connectivity index (χ0n) is 22.5. The molecule has 1 fully saturated rings. The number of benzene rings is 3. The van der Waals surface area contributed by atoms with Gasteiger partial charge in [0.05, 0.1) is 11.3 Å². The van der Waals surface area contributed by atoms with Crippen molar-refractivity contribution in [2.24, 2.45) is 0 Å². The highest BCUT2D eigenvalue weighted by atomic mass is 16.2. The standard InChI is InChI=1S/C32H39N3O2/c1-24(2)34(25(3)4)32(37)30-15-8-9-16-31(30)35(29-14-10-13-27(21-29)23-36)28-17-19-33(20-18-28)22-26-11-6-5-7-12-26/h5-16,21,23-25,28H,17-20,22H2,1-4H3. The van der Waals surface area contributed by atoms with E-state index in [1.165, 1.54) is 5.56 Å². The molecule has 5 heteroatoms. The molecule has 0 radical (unpaired) electrons. The number of carbonyl (C=O) groups excluding carboxylic acids is 2. The second-order valence-electron chi connectivity index (χ2n) is 10.5. The highest BCUT2D eigenvalue weighted by Gasteiger charge is 2.31. The summed E-state index contributed by atoms with van der Waals surface area (Å²) in [6.45, 7) is 11.2. The Labute approximate surface area is 221 Å². The van der Waals surface area contributed by atoms with Crippen LogP contribution < -0.4 is 4.90 Å². The molecule has 1 aliphatic heterocycles. The predicted molar refractivity (Wildman–Crippen MR) is 152 cm³/mol. The minimum atomic E-state index is 0.0404. The molecule has 0 atom stereocenters. The molecule has 4 rings (SSSR count). The maximum Gasteiger partial charge on any atom is 0.256 e. The molecule has 0 N–H and O–H groups in total. The Morgan fingerprint density at radius 2 is 1.54 bits per heavy atom. The lowest BCUT2D eigenvalue weighted by atomic mass is 9.98. The van der Waals surface area contributed by atoms with Crippen LogP contribution in [-0.4, -0.2) is 53.2 Å². The smallest absolute Gasteiger partial charge is 0.256 e. The Bertz CT molecular complexity index is 1180. The van der Waals surface area contributed by atoms with Crippen LogP contribution in [0.2, 0.25) is 0 Å². The molecule has 0 spiro atoms. The van der Waals surface area contributed by atoms with Crippen LogP contribution in [0.5, 0.6) is 0 Å². The molecule has 0 unspecified atom stereocenters. The Balaban J connectivity index is 1.68. The van der Waals surface area contributed by atoms with Crippen LogP contribution in [0, 0.1) is 0 Å². The lowest BCUT2D eigenvalue weighted by Gasteiger charge is -2.41. The van der Waals surface area contributed by atoms with Gasteiger partial charge in [0.15, 0.2) is 0 Å². The van der Waals surface area contributed by atoms with Crippen LogP contribution in [0.25, 0.3) is 0 Å². The molecule has 0 bridgehead atoms. The molecule has 3 aromatic rings. The van der Waals surface area contributed by atoms with E-state index < -0.39 is 0 Å². The van der Waals surface area contributed by atoms with E-state index in [1.807, 2.05) is 47.4 Å². The molecule has 1 amide bonds. The number of likely N-dealkylation sites (tertiary alicyclic amines) is 1. The van der Waals surface area contributed by atoms with Gasteiger partial charge in [-0.1, -0.05) is 54.6 Å². The summed E-state index contributed by atoms with van der Waals surface area (Å²) in [4.78, 5) is 32.3. The molecule has 3 aromatic carbocycles. The van der Waals surface area contributed by atoms with E-state index in [0.29, 0.717) is 11.1 Å². The first-order chi connectivity index (χ1) is 17.9. The monoisotopic (exact) mass is 497 g/mol. The van der Waals surface area contributed by atoms with Gasteiger partial charge in [0.1, 0.15) is 6.29 Å². The predicted octanol–water partition coefficient (Wildman–Crippen LogP) is 6.56. The van der Waals surface area contributed by atoms with E-state index in [0.717, 1.165) is 50.1 Å². The fourth-order valence-corrected chi connectivity index (χ4v) is 5.54. The zero-order chi connectivity index (χ0) is 26.4. The Kier molecular flexibility index (Phi) is 8.78. The summed E-state index contributed by atoms with van der Waals surface area (Å²) in [5, 5.41) is 0. The molecule has 1 heterocycles. The molecular weight excluding hydrogens is 458 g/mol. The van der Waals surface area contributed by atoms with Gasteiger partial charge in [-0.3, -0.25) is 14.5 Å². The van der Waals surface area contributed by atoms with Crippen molar-refractivity contribution >= 4 is 23.6 Å². The summed E-state index contributed by atoms with van der Waals surface area (Å²) in [5.41, 5.74) is 4.53. The van der Waals surface area contributed by atoms with E-state index in [-0.39, 0.29) is 24.0 Å². The third kappa shape index (κ3) is 6.28. The van der Waals surface area contributed by atoms with Gasteiger partial charge in [-0.2, -0.15) is 0 Å². The second-order valence-corrected chi connectivity index (χ2v) is 10.5. The average Bonchev–Trinajstić information content (AvgIpc) is 2.90. The van der Waals surface area contributed by atoms with Crippen LogP contribution >= 0.6 is 0 Å². The Morgan fingerprint density at radius 3 is 2.19 bits per heavy atom. The van der Waals surface area contributed by atoms with Crippen molar-refractivity contribution < 1.29 is 9.59 Å². The van der Waals surface area contributed by atoms with E-state index in [1.54, 1.807) is 0 Å². The van der Waals surface area contributed by atoms with Crippen LogP contribution in [-0.2, 0) is 6.54 Å². The van der Waals surface area contributed by atoms with E-state index in [9.17, 15) is 9.59 Å². The summed E-state index contributed by atoms with van der Waals surface area (Å²) in [5.74, 6) is 0.0404. The van der Waals surface area contributed by atoms with Crippen LogP contribution in [0.15, 0.2) is 78.9 Å². The lowest BCUT2D eigenvalue weighted by molar-refractivity contribution is 0.0644. The van der Waals surface area contributed by atoms with Crippen molar-refractivity contribution in [2.75, 3.05) is 18.0 Å². The molecule has 0 saturated carbocycles. The Morgan fingerprint density at radius 1 is 0.892 bits per heavy atom. The summed E-state index contributed by atoms with van der Waals surface area (Å²) in [6.07, 6.45) is 2.83. The first-order valence-corrected chi connectivity index (χ1v) is 13.4. The van der Waals surface area contributed by atoms with Crippen molar-refractivity contribution in [3.63, 3.8) is 0 Å². The molecular formula is C32H39N3O2. The quantitative estimate of drug-likeness (QED) is 0.314. The SMILES string of the molecule is CC(C)N(C(=O)c1ccccc1N(c1cccc(C=O)c1)C1CCN(Cc2ccccc2)CC1)C(C)C. The number of amides is 1. The van der Waals surface area contributed by atoms with Crippen molar-refractivity contribution in [1.29, 1.82) is 0 Å². The first-order valence-electron chi connectivity index (χ1n) is 13.4. The van der Waals surface area contributed by atoms with E-state index in [4.69, 9.17) is 0 Å². The van der Waals surface area contributed by atoms with Crippen molar-refractivity contribution in [1.82, 2.24) is 9.80 Å². The molecule has 1 aliphatic rings. The van der Waals surface area contributed by atoms with Crippen LogP contribution in [0.1, 0.15) is 66.8 Å². The third-order valence-electron chi connectivity index (χ3n) is 7.20. The Hall–Kier alpha value is -3.44. The number of rotatable bonds is 9. The van der Waals surface area contributed by atoms with Gasteiger partial charge in [-0.05, 0) is 70.4 Å². The molecule has 5 nitrogen and oxygen atoms in total.